The highest BCUT2D eigenvalue weighted by atomic mass is 16.4. The molecule has 3 rings (SSSR count). The summed E-state index contributed by atoms with van der Waals surface area (Å²) in [6, 6.07) is 2.00. The van der Waals surface area contributed by atoms with Crippen LogP contribution in [0, 0.1) is 0 Å². The smallest absolute Gasteiger partial charge is 0.356 e. The lowest BCUT2D eigenvalue weighted by Crippen LogP contribution is -2.29. The minimum atomic E-state index is -1.06. The number of aromatic nitrogens is 4. The maximum atomic E-state index is 10.8. The molecule has 0 atom stereocenters. The van der Waals surface area contributed by atoms with E-state index in [0.29, 0.717) is 5.82 Å². The topological polar surface area (TPSA) is 84.1 Å². The number of hydrogen-bond acceptors (Lipinski definition) is 5. The van der Waals surface area contributed by atoms with Gasteiger partial charge in [-0.3, -0.25) is 4.68 Å². The summed E-state index contributed by atoms with van der Waals surface area (Å²) in [5.74, 6) is -0.369. The average molecular weight is 285 g/mol. The first-order valence-corrected chi connectivity index (χ1v) is 6.63. The highest BCUT2D eigenvalue weighted by Gasteiger charge is 2.16. The van der Waals surface area contributed by atoms with Crippen LogP contribution < -0.4 is 4.90 Å². The van der Waals surface area contributed by atoms with Gasteiger partial charge in [0.25, 0.3) is 0 Å². The van der Waals surface area contributed by atoms with Crippen LogP contribution in [0.2, 0.25) is 0 Å². The largest absolute Gasteiger partial charge is 0.476 e. The predicted octanol–water partition coefficient (Wildman–Crippen LogP) is 1.20. The zero-order valence-corrected chi connectivity index (χ0v) is 11.6. The molecule has 0 aliphatic carbocycles. The van der Waals surface area contributed by atoms with Gasteiger partial charge in [-0.25, -0.2) is 14.8 Å². The Bertz CT molecular complexity index is 690. The summed E-state index contributed by atoms with van der Waals surface area (Å²) in [5, 5.41) is 13.0. The predicted molar refractivity (Wildman–Crippen MR) is 77.0 cm³/mol. The maximum absolute atomic E-state index is 10.8. The Morgan fingerprint density at radius 2 is 2.19 bits per heavy atom. The van der Waals surface area contributed by atoms with Crippen molar-refractivity contribution in [1.82, 2.24) is 19.7 Å². The molecule has 0 saturated heterocycles. The first-order chi connectivity index (χ1) is 10.1. The van der Waals surface area contributed by atoms with Gasteiger partial charge in [0.05, 0.1) is 18.1 Å². The first-order valence-electron chi connectivity index (χ1n) is 6.63. The molecular weight excluding hydrogens is 270 g/mol. The van der Waals surface area contributed by atoms with Crippen LogP contribution in [0.5, 0.6) is 0 Å². The molecule has 0 saturated carbocycles. The molecule has 0 amide bonds. The van der Waals surface area contributed by atoms with Crippen molar-refractivity contribution in [2.75, 3.05) is 18.0 Å². The summed E-state index contributed by atoms with van der Waals surface area (Å²) >= 11 is 0. The van der Waals surface area contributed by atoms with E-state index in [9.17, 15) is 4.79 Å². The summed E-state index contributed by atoms with van der Waals surface area (Å²) in [6.07, 6.45) is 7.62. The maximum Gasteiger partial charge on any atom is 0.356 e. The second-order valence-corrected chi connectivity index (χ2v) is 4.83. The van der Waals surface area contributed by atoms with Crippen molar-refractivity contribution in [2.24, 2.45) is 7.05 Å². The first kappa shape index (κ1) is 13.3. The number of aromatic carboxylic acids is 1. The van der Waals surface area contributed by atoms with Gasteiger partial charge in [0.2, 0.25) is 0 Å². The van der Waals surface area contributed by atoms with E-state index in [1.807, 2.05) is 17.8 Å². The van der Waals surface area contributed by atoms with Gasteiger partial charge in [-0.2, -0.15) is 5.10 Å². The van der Waals surface area contributed by atoms with Crippen molar-refractivity contribution in [3.05, 3.63) is 42.1 Å². The SMILES string of the molecule is Cn1nccc1C1=CCN(c2cnc(C(=O)O)cn2)CC1. The Kier molecular flexibility index (Phi) is 3.39. The van der Waals surface area contributed by atoms with Crippen molar-refractivity contribution < 1.29 is 9.90 Å². The van der Waals surface area contributed by atoms with Crippen molar-refractivity contribution in [3.63, 3.8) is 0 Å². The third-order valence-electron chi connectivity index (χ3n) is 3.54. The zero-order chi connectivity index (χ0) is 14.8. The quantitative estimate of drug-likeness (QED) is 0.912. The van der Waals surface area contributed by atoms with Gasteiger partial charge in [-0.1, -0.05) is 6.08 Å². The van der Waals surface area contributed by atoms with Crippen LogP contribution in [0.25, 0.3) is 5.57 Å². The number of aryl methyl sites for hydroxylation is 1. The van der Waals surface area contributed by atoms with Crippen LogP contribution in [0.1, 0.15) is 22.6 Å². The molecule has 7 heteroatoms. The van der Waals surface area contributed by atoms with E-state index in [2.05, 4.69) is 26.0 Å². The summed E-state index contributed by atoms with van der Waals surface area (Å²) in [4.78, 5) is 20.9. The fourth-order valence-electron chi connectivity index (χ4n) is 2.39. The number of carbonyl (C=O) groups is 1. The van der Waals surface area contributed by atoms with Gasteiger partial charge in [0, 0.05) is 26.3 Å². The Morgan fingerprint density at radius 3 is 2.71 bits per heavy atom. The van der Waals surface area contributed by atoms with Gasteiger partial charge < -0.3 is 10.0 Å². The summed E-state index contributed by atoms with van der Waals surface area (Å²) in [7, 11) is 1.93. The Morgan fingerprint density at radius 1 is 1.33 bits per heavy atom. The zero-order valence-electron chi connectivity index (χ0n) is 11.6. The van der Waals surface area contributed by atoms with Gasteiger partial charge in [0.1, 0.15) is 5.82 Å². The van der Waals surface area contributed by atoms with E-state index >= 15 is 0 Å². The number of carboxylic acids is 1. The molecule has 0 bridgehead atoms. The lowest BCUT2D eigenvalue weighted by atomic mass is 10.0. The number of rotatable bonds is 3. The standard InChI is InChI=1S/C14H15N5O2/c1-18-12(2-5-17-18)10-3-6-19(7-4-10)13-9-15-11(8-16-13)14(20)21/h2-3,5,8-9H,4,6-7H2,1H3,(H,20,21). The molecule has 1 N–H and O–H groups in total. The van der Waals surface area contributed by atoms with E-state index in [1.165, 1.54) is 18.0 Å². The fourth-order valence-corrected chi connectivity index (χ4v) is 2.39. The molecule has 1 aliphatic heterocycles. The molecule has 3 heterocycles. The monoisotopic (exact) mass is 285 g/mol. The molecule has 1 aliphatic rings. The lowest BCUT2D eigenvalue weighted by molar-refractivity contribution is 0.0690. The molecule has 7 nitrogen and oxygen atoms in total. The molecule has 0 radical (unpaired) electrons. The Labute approximate surface area is 121 Å². The van der Waals surface area contributed by atoms with E-state index in [1.54, 1.807) is 6.20 Å². The highest BCUT2D eigenvalue weighted by Crippen LogP contribution is 2.23. The summed E-state index contributed by atoms with van der Waals surface area (Å²) in [5.41, 5.74) is 2.35. The lowest BCUT2D eigenvalue weighted by Gasteiger charge is -2.27. The van der Waals surface area contributed by atoms with Crippen molar-refractivity contribution in [2.45, 2.75) is 6.42 Å². The summed E-state index contributed by atoms with van der Waals surface area (Å²) < 4.78 is 1.86. The van der Waals surface area contributed by atoms with Crippen LogP contribution >= 0.6 is 0 Å². The average Bonchev–Trinajstić information content (AvgIpc) is 2.94. The van der Waals surface area contributed by atoms with Crippen molar-refractivity contribution in [1.29, 1.82) is 0 Å². The molecule has 0 aromatic carbocycles. The van der Waals surface area contributed by atoms with Crippen molar-refractivity contribution in [3.8, 4) is 0 Å². The van der Waals surface area contributed by atoms with E-state index in [-0.39, 0.29) is 5.69 Å². The minimum Gasteiger partial charge on any atom is -0.476 e. The van der Waals surface area contributed by atoms with Gasteiger partial charge in [-0.05, 0) is 18.1 Å². The normalized spacial score (nSPS) is 14.9. The summed E-state index contributed by atoms with van der Waals surface area (Å²) in [6.45, 7) is 1.54. The second-order valence-electron chi connectivity index (χ2n) is 4.83. The minimum absolute atomic E-state index is 0.0399. The van der Waals surface area contributed by atoms with Gasteiger partial charge in [0.15, 0.2) is 5.69 Å². The fraction of sp³-hybridized carbons (Fsp3) is 0.286. The van der Waals surface area contributed by atoms with Crippen LogP contribution in [-0.2, 0) is 7.05 Å². The molecule has 0 spiro atoms. The van der Waals surface area contributed by atoms with E-state index < -0.39 is 5.97 Å². The van der Waals surface area contributed by atoms with E-state index in [4.69, 9.17) is 5.11 Å². The molecule has 0 fully saturated rings. The Balaban J connectivity index is 1.74. The van der Waals surface area contributed by atoms with E-state index in [0.717, 1.165) is 25.2 Å². The van der Waals surface area contributed by atoms with Crippen LogP contribution in [0.3, 0.4) is 0 Å². The molecule has 0 unspecified atom stereocenters. The highest BCUT2D eigenvalue weighted by molar-refractivity contribution is 5.84. The van der Waals surface area contributed by atoms with Crippen LogP contribution in [-0.4, -0.2) is 43.9 Å². The number of anilines is 1. The van der Waals surface area contributed by atoms with Crippen LogP contribution in [0.15, 0.2) is 30.7 Å². The van der Waals surface area contributed by atoms with Crippen LogP contribution in [0.4, 0.5) is 5.82 Å². The molecule has 2 aromatic heterocycles. The van der Waals surface area contributed by atoms with Gasteiger partial charge >= 0.3 is 5.97 Å². The van der Waals surface area contributed by atoms with Crippen molar-refractivity contribution >= 4 is 17.4 Å². The molecule has 108 valence electrons. The third kappa shape index (κ3) is 2.62. The third-order valence-corrected chi connectivity index (χ3v) is 3.54. The second kappa shape index (κ2) is 5.35. The number of hydrogen-bond donors (Lipinski definition) is 1. The Hall–Kier alpha value is -2.70. The number of carboxylic acid groups (broad SMARTS) is 1. The van der Waals surface area contributed by atoms with Gasteiger partial charge in [-0.15, -0.1) is 0 Å². The molecular formula is C14H15N5O2. The molecule has 21 heavy (non-hydrogen) atoms. The molecule has 2 aromatic rings. The number of nitrogens with zero attached hydrogens (tertiary/aromatic N) is 5.